The summed E-state index contributed by atoms with van der Waals surface area (Å²) in [6.45, 7) is 0.0191. The molecule has 2 heterocycles. The minimum absolute atomic E-state index is 0.0191. The quantitative estimate of drug-likeness (QED) is 0.132. The number of benzene rings is 3. The molecule has 41 heavy (non-hydrogen) atoms. The van der Waals surface area contributed by atoms with Gasteiger partial charge in [-0.2, -0.15) is 0 Å². The number of rotatable bonds is 10. The molecule has 210 valence electrons. The molecule has 1 saturated heterocycles. The van der Waals surface area contributed by atoms with Gasteiger partial charge in [-0.05, 0) is 46.5 Å². The Kier molecular flexibility index (Phi) is 8.21. The Bertz CT molecular complexity index is 1580. The van der Waals surface area contributed by atoms with E-state index in [1.54, 1.807) is 14.2 Å². The second kappa shape index (κ2) is 12.1. The maximum Gasteiger partial charge on any atom is 0.330 e. The number of azide groups is 1. The van der Waals surface area contributed by atoms with Crippen LogP contribution < -0.4 is 20.7 Å². The van der Waals surface area contributed by atoms with Crippen molar-refractivity contribution in [2.75, 3.05) is 20.8 Å². The summed E-state index contributed by atoms with van der Waals surface area (Å²) in [6.07, 6.45) is 0.157. The van der Waals surface area contributed by atoms with Crippen molar-refractivity contribution in [2.24, 2.45) is 5.11 Å². The molecular weight excluding hydrogens is 526 g/mol. The number of nitrogens with zero attached hydrogens (tertiary/aromatic N) is 4. The van der Waals surface area contributed by atoms with Crippen LogP contribution in [0.3, 0.4) is 0 Å². The van der Waals surface area contributed by atoms with Gasteiger partial charge in [0, 0.05) is 23.6 Å². The molecular formula is C30H29N5O6. The molecule has 3 aromatic carbocycles. The zero-order valence-electron chi connectivity index (χ0n) is 22.5. The zero-order chi connectivity index (χ0) is 28.8. The molecule has 0 amide bonds. The van der Waals surface area contributed by atoms with Crippen LogP contribution in [0, 0.1) is 0 Å². The minimum Gasteiger partial charge on any atom is -0.497 e. The summed E-state index contributed by atoms with van der Waals surface area (Å²) >= 11 is 0. The molecule has 1 aliphatic heterocycles. The maximum atomic E-state index is 12.4. The van der Waals surface area contributed by atoms with Crippen LogP contribution in [0.5, 0.6) is 11.5 Å². The van der Waals surface area contributed by atoms with Crippen LogP contribution in [0.2, 0.25) is 0 Å². The monoisotopic (exact) mass is 555 g/mol. The largest absolute Gasteiger partial charge is 0.497 e. The predicted octanol–water partition coefficient (Wildman–Crippen LogP) is 4.53. The summed E-state index contributed by atoms with van der Waals surface area (Å²) in [5, 5.41) is 3.95. The fourth-order valence-electron chi connectivity index (χ4n) is 5.16. The number of H-pyrrole nitrogens is 1. The van der Waals surface area contributed by atoms with Crippen molar-refractivity contribution in [3.8, 4) is 11.5 Å². The lowest BCUT2D eigenvalue weighted by Gasteiger charge is -2.37. The summed E-state index contributed by atoms with van der Waals surface area (Å²) in [4.78, 5) is 29.3. The Morgan fingerprint density at radius 2 is 1.51 bits per heavy atom. The molecule has 3 atom stereocenters. The first kappa shape index (κ1) is 27.7. The van der Waals surface area contributed by atoms with E-state index >= 15 is 0 Å². The van der Waals surface area contributed by atoms with Crippen molar-refractivity contribution in [3.63, 3.8) is 0 Å². The molecule has 1 aliphatic rings. The van der Waals surface area contributed by atoms with Gasteiger partial charge in [-0.3, -0.25) is 14.3 Å². The van der Waals surface area contributed by atoms with Crippen molar-refractivity contribution >= 4 is 0 Å². The molecule has 0 unspecified atom stereocenters. The lowest BCUT2D eigenvalue weighted by molar-refractivity contribution is -0.0796. The van der Waals surface area contributed by atoms with E-state index in [9.17, 15) is 15.1 Å². The van der Waals surface area contributed by atoms with Crippen LogP contribution in [0.4, 0.5) is 0 Å². The molecule has 11 heteroatoms. The molecule has 0 aliphatic carbocycles. The van der Waals surface area contributed by atoms with Gasteiger partial charge in [0.15, 0.2) is 0 Å². The smallest absolute Gasteiger partial charge is 0.330 e. The maximum absolute atomic E-state index is 12.4. The van der Waals surface area contributed by atoms with E-state index in [2.05, 4.69) is 15.0 Å². The van der Waals surface area contributed by atoms with Gasteiger partial charge in [-0.25, -0.2) is 4.79 Å². The van der Waals surface area contributed by atoms with Crippen molar-refractivity contribution < 1.29 is 18.9 Å². The summed E-state index contributed by atoms with van der Waals surface area (Å²) in [7, 11) is 3.22. The van der Waals surface area contributed by atoms with Gasteiger partial charge >= 0.3 is 5.69 Å². The average Bonchev–Trinajstić information content (AvgIpc) is 3.41. The highest BCUT2D eigenvalue weighted by Crippen LogP contribution is 2.43. The Morgan fingerprint density at radius 3 is 2.05 bits per heavy atom. The van der Waals surface area contributed by atoms with E-state index in [0.29, 0.717) is 11.5 Å². The fourth-order valence-corrected chi connectivity index (χ4v) is 5.16. The van der Waals surface area contributed by atoms with Crippen molar-refractivity contribution in [3.05, 3.63) is 139 Å². The summed E-state index contributed by atoms with van der Waals surface area (Å²) in [5.41, 5.74) is 9.58. The Morgan fingerprint density at radius 1 is 0.927 bits per heavy atom. The van der Waals surface area contributed by atoms with E-state index in [1.807, 2.05) is 78.9 Å². The van der Waals surface area contributed by atoms with Crippen LogP contribution in [0.15, 0.2) is 106 Å². The molecule has 0 radical (unpaired) electrons. The SMILES string of the molecule is COc1ccc(C(OC[C@@H]2O[C@H](n3ccc(=O)[nH]c3=O)C[C@H]2N=[N+]=[N-])(c2ccccc2)c2ccc(OC)cc2)cc1. The van der Waals surface area contributed by atoms with Gasteiger partial charge < -0.3 is 18.9 Å². The standard InChI is InChI=1S/C30H29N5O6/c1-38-23-12-8-21(9-13-23)30(20-6-4-3-5-7-20,22-10-14-24(39-2)15-11-22)40-19-26-25(33-34-31)18-28(41-26)35-17-16-27(36)32-29(35)37/h3-17,25-26,28H,18-19H2,1-2H3,(H,32,36,37)/t25-,26+,28+/m1/s1. The number of ether oxygens (including phenoxy) is 4. The lowest BCUT2D eigenvalue weighted by Crippen LogP contribution is -2.37. The summed E-state index contributed by atoms with van der Waals surface area (Å²) < 4.78 is 25.2. The molecule has 0 bridgehead atoms. The van der Waals surface area contributed by atoms with Crippen molar-refractivity contribution in [1.82, 2.24) is 9.55 Å². The third kappa shape index (κ3) is 5.59. The van der Waals surface area contributed by atoms with Crippen LogP contribution in [0.1, 0.15) is 29.3 Å². The molecule has 1 N–H and O–H groups in total. The molecule has 4 aromatic rings. The van der Waals surface area contributed by atoms with E-state index in [1.165, 1.54) is 16.8 Å². The first-order valence-corrected chi connectivity index (χ1v) is 13.0. The molecule has 1 fully saturated rings. The number of methoxy groups -OCH3 is 2. The number of nitrogens with one attached hydrogen (secondary N) is 1. The average molecular weight is 556 g/mol. The Hall–Kier alpha value is -4.83. The predicted molar refractivity (Wildman–Crippen MR) is 151 cm³/mol. The molecule has 0 spiro atoms. The van der Waals surface area contributed by atoms with Gasteiger partial charge in [0.2, 0.25) is 0 Å². The summed E-state index contributed by atoms with van der Waals surface area (Å²) in [5.74, 6) is 1.39. The highest BCUT2D eigenvalue weighted by atomic mass is 16.6. The highest BCUT2D eigenvalue weighted by Gasteiger charge is 2.42. The Labute approximate surface area is 235 Å². The van der Waals surface area contributed by atoms with Crippen LogP contribution in [-0.4, -0.2) is 42.5 Å². The van der Waals surface area contributed by atoms with Gasteiger partial charge in [0.25, 0.3) is 5.56 Å². The van der Waals surface area contributed by atoms with E-state index < -0.39 is 35.2 Å². The second-order valence-electron chi connectivity index (χ2n) is 9.47. The number of aromatic nitrogens is 2. The molecule has 5 rings (SSSR count). The topological polar surface area (TPSA) is 141 Å². The van der Waals surface area contributed by atoms with Crippen LogP contribution >= 0.6 is 0 Å². The van der Waals surface area contributed by atoms with Crippen molar-refractivity contribution in [2.45, 2.75) is 30.4 Å². The minimum atomic E-state index is -1.10. The highest BCUT2D eigenvalue weighted by molar-refractivity contribution is 5.49. The number of aromatic amines is 1. The van der Waals surface area contributed by atoms with Crippen LogP contribution in [-0.2, 0) is 15.1 Å². The van der Waals surface area contributed by atoms with E-state index in [0.717, 1.165) is 16.7 Å². The molecule has 1 aromatic heterocycles. The van der Waals surface area contributed by atoms with Crippen LogP contribution in [0.25, 0.3) is 10.4 Å². The van der Waals surface area contributed by atoms with Gasteiger partial charge in [-0.15, -0.1) is 0 Å². The summed E-state index contributed by atoms with van der Waals surface area (Å²) in [6, 6.07) is 25.6. The van der Waals surface area contributed by atoms with Gasteiger partial charge in [0.1, 0.15) is 23.3 Å². The Balaban J connectivity index is 1.57. The van der Waals surface area contributed by atoms with E-state index in [4.69, 9.17) is 18.9 Å². The second-order valence-corrected chi connectivity index (χ2v) is 9.47. The van der Waals surface area contributed by atoms with Crippen molar-refractivity contribution in [1.29, 1.82) is 0 Å². The van der Waals surface area contributed by atoms with E-state index in [-0.39, 0.29) is 13.0 Å². The number of hydrogen-bond acceptors (Lipinski definition) is 7. The lowest BCUT2D eigenvalue weighted by atomic mass is 9.80. The zero-order valence-corrected chi connectivity index (χ0v) is 22.5. The molecule has 11 nitrogen and oxygen atoms in total. The normalized spacial score (nSPS) is 18.4. The first-order valence-electron chi connectivity index (χ1n) is 13.0. The third-order valence-electron chi connectivity index (χ3n) is 7.20. The third-order valence-corrected chi connectivity index (χ3v) is 7.20. The number of hydrogen-bond donors (Lipinski definition) is 1. The van der Waals surface area contributed by atoms with Gasteiger partial charge in [-0.1, -0.05) is 59.7 Å². The first-order chi connectivity index (χ1) is 20.0. The van der Waals surface area contributed by atoms with Gasteiger partial charge in [0.05, 0.1) is 33.0 Å². The fraction of sp³-hybridized carbons (Fsp3) is 0.267. The molecule has 0 saturated carbocycles.